The van der Waals surface area contributed by atoms with Gasteiger partial charge in [0.2, 0.25) is 0 Å². The maximum absolute atomic E-state index is 11.3. The lowest BCUT2D eigenvalue weighted by atomic mass is 9.93. The molecule has 0 saturated carbocycles. The number of allylic oxidation sites excluding steroid dienone is 3. The summed E-state index contributed by atoms with van der Waals surface area (Å²) in [7, 11) is 0. The molecule has 2 rings (SSSR count). The van der Waals surface area contributed by atoms with Gasteiger partial charge in [-0.3, -0.25) is 4.79 Å². The van der Waals surface area contributed by atoms with Crippen molar-refractivity contribution in [2.45, 2.75) is 0 Å². The number of fused-ring (bicyclic) bond motifs is 1. The summed E-state index contributed by atoms with van der Waals surface area (Å²) in [6.45, 7) is 0. The highest BCUT2D eigenvalue weighted by atomic mass is 16.1. The van der Waals surface area contributed by atoms with Crippen LogP contribution in [-0.4, -0.2) is 18.0 Å². The van der Waals surface area contributed by atoms with Crippen molar-refractivity contribution >= 4 is 18.0 Å². The molecule has 0 aromatic heterocycles. The number of nitrogens with zero attached hydrogens (tertiary/aromatic N) is 2. The Balaban J connectivity index is 2.43. The number of carbonyl (C=O) groups excluding carboxylic acids is 1. The van der Waals surface area contributed by atoms with Gasteiger partial charge in [-0.05, 0) is 12.2 Å². The van der Waals surface area contributed by atoms with Gasteiger partial charge >= 0.3 is 0 Å². The van der Waals surface area contributed by atoms with Crippen molar-refractivity contribution in [3.8, 4) is 12.3 Å². The van der Waals surface area contributed by atoms with E-state index in [0.29, 0.717) is 11.3 Å². The zero-order valence-corrected chi connectivity index (χ0v) is 6.77. The molecule has 0 bridgehead atoms. The molecular weight excluding hydrogens is 164 g/mol. The average Bonchev–Trinajstić information content (AvgIpc) is 2.18. The van der Waals surface area contributed by atoms with E-state index in [0.717, 1.165) is 0 Å². The fourth-order valence-electron chi connectivity index (χ4n) is 1.25. The van der Waals surface area contributed by atoms with Gasteiger partial charge in [0, 0.05) is 5.57 Å². The van der Waals surface area contributed by atoms with Gasteiger partial charge in [0.1, 0.15) is 12.3 Å². The van der Waals surface area contributed by atoms with E-state index >= 15 is 0 Å². The number of aliphatic imine (C=N–C) groups is 2. The van der Waals surface area contributed by atoms with Crippen molar-refractivity contribution in [2.24, 2.45) is 15.9 Å². The summed E-state index contributed by atoms with van der Waals surface area (Å²) in [5, 5.41) is 0. The molecule has 1 amide bonds. The average molecular weight is 170 g/mol. The molecular formula is C10H6N2O. The van der Waals surface area contributed by atoms with Crippen molar-refractivity contribution in [1.29, 1.82) is 0 Å². The SMILES string of the molecule is C#CC1=CC2C(=O)N=CN=C2C=C1. The molecule has 2 aliphatic rings. The summed E-state index contributed by atoms with van der Waals surface area (Å²) in [5.74, 6) is 1.89. The van der Waals surface area contributed by atoms with Crippen LogP contribution in [0.4, 0.5) is 0 Å². The highest BCUT2D eigenvalue weighted by molar-refractivity contribution is 6.18. The Hall–Kier alpha value is -1.95. The number of rotatable bonds is 0. The van der Waals surface area contributed by atoms with E-state index in [9.17, 15) is 4.79 Å². The maximum Gasteiger partial charge on any atom is 0.260 e. The van der Waals surface area contributed by atoms with Crippen LogP contribution in [-0.2, 0) is 4.79 Å². The lowest BCUT2D eigenvalue weighted by molar-refractivity contribution is -0.118. The number of hydrogen-bond donors (Lipinski definition) is 0. The molecule has 0 fully saturated rings. The summed E-state index contributed by atoms with van der Waals surface area (Å²) < 4.78 is 0. The Morgan fingerprint density at radius 1 is 1.46 bits per heavy atom. The summed E-state index contributed by atoms with van der Waals surface area (Å²) in [4.78, 5) is 18.8. The van der Waals surface area contributed by atoms with Gasteiger partial charge in [0.05, 0.1) is 5.71 Å². The highest BCUT2D eigenvalue weighted by Crippen LogP contribution is 2.17. The van der Waals surface area contributed by atoms with Gasteiger partial charge < -0.3 is 0 Å². The third kappa shape index (κ3) is 1.23. The van der Waals surface area contributed by atoms with E-state index in [4.69, 9.17) is 6.42 Å². The van der Waals surface area contributed by atoms with Crippen LogP contribution in [0.25, 0.3) is 0 Å². The fraction of sp³-hybridized carbons (Fsp3) is 0.100. The molecule has 3 heteroatoms. The minimum Gasteiger partial charge on any atom is -0.271 e. The number of amides is 1. The van der Waals surface area contributed by atoms with Crippen LogP contribution in [0.15, 0.2) is 33.8 Å². The van der Waals surface area contributed by atoms with Crippen molar-refractivity contribution in [2.75, 3.05) is 0 Å². The molecule has 0 spiro atoms. The van der Waals surface area contributed by atoms with Crippen LogP contribution >= 0.6 is 0 Å². The van der Waals surface area contributed by atoms with E-state index in [1.165, 1.54) is 6.34 Å². The molecule has 13 heavy (non-hydrogen) atoms. The van der Waals surface area contributed by atoms with Gasteiger partial charge in [-0.1, -0.05) is 12.0 Å². The zero-order chi connectivity index (χ0) is 9.26. The number of carbonyl (C=O) groups is 1. The minimum atomic E-state index is -0.374. The Labute approximate surface area is 75.6 Å². The molecule has 0 aromatic rings. The molecule has 1 aliphatic carbocycles. The molecule has 0 radical (unpaired) electrons. The second-order valence-corrected chi connectivity index (χ2v) is 2.71. The first-order valence-electron chi connectivity index (χ1n) is 3.82. The lowest BCUT2D eigenvalue weighted by Gasteiger charge is -2.15. The summed E-state index contributed by atoms with van der Waals surface area (Å²) in [5.41, 5.74) is 1.41. The Morgan fingerprint density at radius 3 is 3.08 bits per heavy atom. The molecule has 1 aliphatic heterocycles. The molecule has 1 unspecified atom stereocenters. The van der Waals surface area contributed by atoms with E-state index in [-0.39, 0.29) is 11.8 Å². The topological polar surface area (TPSA) is 41.8 Å². The highest BCUT2D eigenvalue weighted by Gasteiger charge is 2.24. The molecule has 0 N–H and O–H groups in total. The van der Waals surface area contributed by atoms with E-state index in [1.807, 2.05) is 0 Å². The van der Waals surface area contributed by atoms with Gasteiger partial charge in [-0.2, -0.15) is 0 Å². The first-order valence-corrected chi connectivity index (χ1v) is 3.82. The third-order valence-electron chi connectivity index (χ3n) is 1.92. The van der Waals surface area contributed by atoms with Gasteiger partial charge in [0.15, 0.2) is 0 Å². The van der Waals surface area contributed by atoms with E-state index < -0.39 is 0 Å². The summed E-state index contributed by atoms with van der Waals surface area (Å²) in [6, 6.07) is 0. The van der Waals surface area contributed by atoms with E-state index in [1.54, 1.807) is 18.2 Å². The molecule has 3 nitrogen and oxygen atoms in total. The van der Waals surface area contributed by atoms with Crippen LogP contribution in [0.2, 0.25) is 0 Å². The second kappa shape index (κ2) is 2.83. The maximum atomic E-state index is 11.3. The normalized spacial score (nSPS) is 24.5. The summed E-state index contributed by atoms with van der Waals surface area (Å²) in [6.07, 6.45) is 11.7. The van der Waals surface area contributed by atoms with E-state index in [2.05, 4.69) is 15.9 Å². The lowest BCUT2D eigenvalue weighted by Crippen LogP contribution is -2.24. The predicted octanol–water partition coefficient (Wildman–Crippen LogP) is 0.742. The first-order chi connectivity index (χ1) is 6.31. The largest absolute Gasteiger partial charge is 0.271 e. The van der Waals surface area contributed by atoms with Crippen molar-refractivity contribution < 1.29 is 4.79 Å². The van der Waals surface area contributed by atoms with Crippen LogP contribution in [0, 0.1) is 18.3 Å². The molecule has 1 atom stereocenters. The molecule has 62 valence electrons. The van der Waals surface area contributed by atoms with Crippen LogP contribution in [0.3, 0.4) is 0 Å². The summed E-state index contributed by atoms with van der Waals surface area (Å²) >= 11 is 0. The van der Waals surface area contributed by atoms with Crippen LogP contribution < -0.4 is 0 Å². The van der Waals surface area contributed by atoms with Crippen LogP contribution in [0.1, 0.15) is 0 Å². The van der Waals surface area contributed by atoms with Gasteiger partial charge in [-0.25, -0.2) is 9.98 Å². The van der Waals surface area contributed by atoms with Gasteiger partial charge in [0.25, 0.3) is 5.91 Å². The van der Waals surface area contributed by atoms with Crippen LogP contribution in [0.5, 0.6) is 0 Å². The number of hydrogen-bond acceptors (Lipinski definition) is 2. The Morgan fingerprint density at radius 2 is 2.31 bits per heavy atom. The first kappa shape index (κ1) is 7.69. The molecule has 0 aromatic carbocycles. The third-order valence-corrected chi connectivity index (χ3v) is 1.92. The Kier molecular flexibility index (Phi) is 1.67. The van der Waals surface area contributed by atoms with Crippen molar-refractivity contribution in [1.82, 2.24) is 0 Å². The van der Waals surface area contributed by atoms with Gasteiger partial charge in [-0.15, -0.1) is 6.42 Å². The van der Waals surface area contributed by atoms with Crippen molar-refractivity contribution in [3.63, 3.8) is 0 Å². The zero-order valence-electron chi connectivity index (χ0n) is 6.77. The Bertz CT molecular complexity index is 419. The minimum absolute atomic E-state index is 0.206. The fourth-order valence-corrected chi connectivity index (χ4v) is 1.25. The standard InChI is InChI=1S/C10H6N2O/c1-2-7-3-4-9-8(5-7)10(13)12-6-11-9/h1,3-6,8H. The number of terminal acetylenes is 1. The molecule has 0 saturated heterocycles. The second-order valence-electron chi connectivity index (χ2n) is 2.71. The predicted molar refractivity (Wildman–Crippen MR) is 50.5 cm³/mol. The van der Waals surface area contributed by atoms with Crippen molar-refractivity contribution in [3.05, 3.63) is 23.8 Å². The molecule has 1 heterocycles. The smallest absolute Gasteiger partial charge is 0.260 e. The monoisotopic (exact) mass is 170 g/mol. The quantitative estimate of drug-likeness (QED) is 0.494.